The topological polar surface area (TPSA) is 79.1 Å². The molecule has 0 fully saturated rings. The highest BCUT2D eigenvalue weighted by Crippen LogP contribution is 2.11. The van der Waals surface area contributed by atoms with Crippen LogP contribution in [-0.4, -0.2) is 16.2 Å². The molecule has 1 heterocycles. The van der Waals surface area contributed by atoms with Crippen molar-refractivity contribution in [2.75, 3.05) is 0 Å². The van der Waals surface area contributed by atoms with Gasteiger partial charge in [-0.05, 0) is 22.9 Å². The van der Waals surface area contributed by atoms with Crippen LogP contribution in [0.2, 0.25) is 0 Å². The molecule has 4 nitrogen and oxygen atoms in total. The number of aliphatic hydroxyl groups is 1. The largest absolute Gasteiger partial charge is 0.391 e. The van der Waals surface area contributed by atoms with E-state index in [1.807, 2.05) is 0 Å². The molecule has 0 unspecified atom stereocenters. The molecule has 0 radical (unpaired) electrons. The molecule has 72 valence electrons. The van der Waals surface area contributed by atoms with Gasteiger partial charge in [-0.2, -0.15) is 0 Å². The Morgan fingerprint density at radius 2 is 2.23 bits per heavy atom. The van der Waals surface area contributed by atoms with Crippen LogP contribution in [0.15, 0.2) is 21.7 Å². The molecule has 0 spiro atoms. The van der Waals surface area contributed by atoms with Crippen molar-refractivity contribution in [2.45, 2.75) is 19.1 Å². The molecular weight excluding hydrogens is 236 g/mol. The van der Waals surface area contributed by atoms with E-state index in [4.69, 9.17) is 5.73 Å². The van der Waals surface area contributed by atoms with Gasteiger partial charge in [0, 0.05) is 18.0 Å². The highest BCUT2D eigenvalue weighted by Gasteiger charge is 2.16. The zero-order valence-corrected chi connectivity index (χ0v) is 8.71. The van der Waals surface area contributed by atoms with Gasteiger partial charge in [-0.25, -0.2) is 0 Å². The summed E-state index contributed by atoms with van der Waals surface area (Å²) in [5, 5.41) is 9.20. The van der Waals surface area contributed by atoms with Crippen molar-refractivity contribution in [1.82, 2.24) is 4.98 Å². The van der Waals surface area contributed by atoms with Crippen molar-refractivity contribution in [3.05, 3.63) is 32.7 Å². The van der Waals surface area contributed by atoms with E-state index in [1.165, 1.54) is 12.4 Å². The van der Waals surface area contributed by atoms with Crippen LogP contribution in [0.4, 0.5) is 0 Å². The maximum Gasteiger partial charge on any atom is 0.200 e. The summed E-state index contributed by atoms with van der Waals surface area (Å²) in [5.74, 6) is 0. The molecule has 1 aromatic heterocycles. The van der Waals surface area contributed by atoms with Gasteiger partial charge in [0.2, 0.25) is 5.43 Å². The minimum atomic E-state index is -0.740. The van der Waals surface area contributed by atoms with Crippen LogP contribution in [0.25, 0.3) is 0 Å². The molecule has 4 N–H and O–H groups in total. The average molecular weight is 247 g/mol. The van der Waals surface area contributed by atoms with E-state index in [2.05, 4.69) is 20.9 Å². The fourth-order valence-corrected chi connectivity index (χ4v) is 1.34. The molecule has 1 rings (SSSR count). The second-order valence-electron chi connectivity index (χ2n) is 2.85. The standard InChI is InChI=1S/C8H11BrN2O2/c1-4(12)7(10)5-2-11-3-6(9)8(5)13/h2-4,7,12H,10H2,1H3,(H,11,13)/t4-,7-/m0/s1. The number of aliphatic hydroxyl groups excluding tert-OH is 1. The van der Waals surface area contributed by atoms with Crippen LogP contribution >= 0.6 is 15.9 Å². The van der Waals surface area contributed by atoms with Crippen LogP contribution < -0.4 is 11.2 Å². The number of hydrogen-bond acceptors (Lipinski definition) is 3. The lowest BCUT2D eigenvalue weighted by Gasteiger charge is -2.13. The maximum atomic E-state index is 11.5. The molecule has 5 heteroatoms. The predicted octanol–water partition coefficient (Wildman–Crippen LogP) is 0.518. The van der Waals surface area contributed by atoms with Crippen LogP contribution in [0.3, 0.4) is 0 Å². The summed E-state index contributed by atoms with van der Waals surface area (Å²) in [4.78, 5) is 14.2. The molecule has 0 amide bonds. The molecule has 2 atom stereocenters. The van der Waals surface area contributed by atoms with Crippen LogP contribution in [0.1, 0.15) is 18.5 Å². The summed E-state index contributed by atoms with van der Waals surface area (Å²) in [5.41, 5.74) is 5.81. The van der Waals surface area contributed by atoms with Crippen molar-refractivity contribution in [1.29, 1.82) is 0 Å². The van der Waals surface area contributed by atoms with Gasteiger partial charge in [0.25, 0.3) is 0 Å². The summed E-state index contributed by atoms with van der Waals surface area (Å²) >= 11 is 3.08. The maximum absolute atomic E-state index is 11.5. The molecule has 0 aliphatic heterocycles. The summed E-state index contributed by atoms with van der Waals surface area (Å²) < 4.78 is 0.418. The first kappa shape index (κ1) is 10.4. The summed E-state index contributed by atoms with van der Waals surface area (Å²) in [6.45, 7) is 1.55. The van der Waals surface area contributed by atoms with Gasteiger partial charge in [-0.15, -0.1) is 0 Å². The molecule has 0 aromatic carbocycles. The third kappa shape index (κ3) is 2.18. The summed E-state index contributed by atoms with van der Waals surface area (Å²) in [7, 11) is 0. The Labute approximate surface area is 83.9 Å². The van der Waals surface area contributed by atoms with Crippen LogP contribution in [0, 0.1) is 0 Å². The molecule has 13 heavy (non-hydrogen) atoms. The molecule has 0 aliphatic carbocycles. The molecular formula is C8H11BrN2O2. The van der Waals surface area contributed by atoms with Crippen molar-refractivity contribution < 1.29 is 5.11 Å². The third-order valence-corrected chi connectivity index (χ3v) is 2.40. The Hall–Kier alpha value is -0.650. The molecule has 1 aromatic rings. The van der Waals surface area contributed by atoms with Gasteiger partial charge in [0.05, 0.1) is 16.6 Å². The highest BCUT2D eigenvalue weighted by molar-refractivity contribution is 9.10. The molecule has 0 saturated heterocycles. The van der Waals surface area contributed by atoms with Crippen molar-refractivity contribution in [3.8, 4) is 0 Å². The van der Waals surface area contributed by atoms with E-state index in [0.717, 1.165) is 0 Å². The molecule has 0 aliphatic rings. The Balaban J connectivity index is 3.16. The van der Waals surface area contributed by atoms with Gasteiger partial charge in [-0.3, -0.25) is 4.79 Å². The van der Waals surface area contributed by atoms with E-state index in [9.17, 15) is 9.90 Å². The second-order valence-corrected chi connectivity index (χ2v) is 3.71. The van der Waals surface area contributed by atoms with E-state index < -0.39 is 12.1 Å². The molecule has 0 bridgehead atoms. The van der Waals surface area contributed by atoms with E-state index >= 15 is 0 Å². The number of nitrogens with two attached hydrogens (primary N) is 1. The Kier molecular flexibility index (Phi) is 3.24. The van der Waals surface area contributed by atoms with Gasteiger partial charge in [-0.1, -0.05) is 0 Å². The van der Waals surface area contributed by atoms with Crippen LogP contribution in [-0.2, 0) is 0 Å². The highest BCUT2D eigenvalue weighted by atomic mass is 79.9. The number of aromatic amines is 1. The zero-order chi connectivity index (χ0) is 10.0. The Bertz CT molecular complexity index is 348. The third-order valence-electron chi connectivity index (χ3n) is 1.81. The first-order chi connectivity index (χ1) is 6.04. The quantitative estimate of drug-likeness (QED) is 0.712. The van der Waals surface area contributed by atoms with Crippen molar-refractivity contribution in [2.24, 2.45) is 5.73 Å². The van der Waals surface area contributed by atoms with Gasteiger partial charge < -0.3 is 15.8 Å². The number of H-pyrrole nitrogens is 1. The van der Waals surface area contributed by atoms with Crippen molar-refractivity contribution >= 4 is 15.9 Å². The Morgan fingerprint density at radius 1 is 1.62 bits per heavy atom. The number of aromatic nitrogens is 1. The lowest BCUT2D eigenvalue weighted by molar-refractivity contribution is 0.163. The van der Waals surface area contributed by atoms with E-state index in [0.29, 0.717) is 10.0 Å². The Morgan fingerprint density at radius 3 is 2.77 bits per heavy atom. The van der Waals surface area contributed by atoms with Gasteiger partial charge >= 0.3 is 0 Å². The predicted molar refractivity (Wildman–Crippen MR) is 53.4 cm³/mol. The SMILES string of the molecule is C[C@H](O)[C@H](N)c1c[nH]cc(Br)c1=O. The average Bonchev–Trinajstić information content (AvgIpc) is 2.08. The first-order valence-electron chi connectivity index (χ1n) is 3.84. The van der Waals surface area contributed by atoms with Gasteiger partial charge in [0.15, 0.2) is 0 Å². The monoisotopic (exact) mass is 246 g/mol. The summed E-state index contributed by atoms with van der Waals surface area (Å²) in [6, 6.07) is -0.652. The van der Waals surface area contributed by atoms with E-state index in [1.54, 1.807) is 6.92 Å². The molecule has 0 saturated carbocycles. The van der Waals surface area contributed by atoms with Crippen LogP contribution in [0.5, 0.6) is 0 Å². The number of hydrogen-bond donors (Lipinski definition) is 3. The number of pyridine rings is 1. The number of nitrogens with one attached hydrogen (secondary N) is 1. The minimum Gasteiger partial charge on any atom is -0.391 e. The fourth-order valence-electron chi connectivity index (χ4n) is 0.981. The first-order valence-corrected chi connectivity index (χ1v) is 4.63. The number of rotatable bonds is 2. The fraction of sp³-hybridized carbons (Fsp3) is 0.375. The minimum absolute atomic E-state index is 0.188. The van der Waals surface area contributed by atoms with Crippen molar-refractivity contribution in [3.63, 3.8) is 0 Å². The number of halogens is 1. The smallest absolute Gasteiger partial charge is 0.200 e. The second kappa shape index (κ2) is 4.04. The van der Waals surface area contributed by atoms with Gasteiger partial charge in [0.1, 0.15) is 0 Å². The van der Waals surface area contributed by atoms with E-state index in [-0.39, 0.29) is 5.43 Å². The lowest BCUT2D eigenvalue weighted by atomic mass is 10.1. The lowest BCUT2D eigenvalue weighted by Crippen LogP contribution is -2.29. The zero-order valence-electron chi connectivity index (χ0n) is 7.12. The normalized spacial score (nSPS) is 15.4. The summed E-state index contributed by atoms with van der Waals surface area (Å²) in [6.07, 6.45) is 2.29.